The van der Waals surface area contributed by atoms with E-state index in [4.69, 9.17) is 25.8 Å². The van der Waals surface area contributed by atoms with E-state index in [0.29, 0.717) is 47.1 Å². The van der Waals surface area contributed by atoms with E-state index < -0.39 is 0 Å². The second-order valence-corrected chi connectivity index (χ2v) is 4.52. The predicted octanol–water partition coefficient (Wildman–Crippen LogP) is 1.83. The average molecular weight is 286 g/mol. The Morgan fingerprint density at radius 2 is 2.16 bits per heavy atom. The van der Waals surface area contributed by atoms with E-state index in [-0.39, 0.29) is 6.10 Å². The lowest BCUT2D eigenvalue weighted by Gasteiger charge is -2.27. The highest BCUT2D eigenvalue weighted by Gasteiger charge is 2.27. The molecule has 0 spiro atoms. The number of nitrogens with one attached hydrogen (secondary N) is 1. The topological polar surface area (TPSA) is 56.8 Å². The fourth-order valence-corrected chi connectivity index (χ4v) is 2.52. The molecule has 1 aromatic rings. The van der Waals surface area contributed by atoms with Crippen LogP contribution in [0.4, 0.5) is 0 Å². The summed E-state index contributed by atoms with van der Waals surface area (Å²) in [6.07, 6.45) is 0.475. The molecule has 0 radical (unpaired) electrons. The third-order valence-electron chi connectivity index (χ3n) is 3.04. The van der Waals surface area contributed by atoms with E-state index in [1.165, 1.54) is 14.2 Å². The molecule has 19 heavy (non-hydrogen) atoms. The number of carbonyl (C=O) groups is 1. The Bertz CT molecular complexity index is 472. The van der Waals surface area contributed by atoms with Gasteiger partial charge in [-0.15, -0.1) is 0 Å². The van der Waals surface area contributed by atoms with Gasteiger partial charge < -0.3 is 19.5 Å². The first-order valence-corrected chi connectivity index (χ1v) is 6.32. The van der Waals surface area contributed by atoms with Gasteiger partial charge in [0, 0.05) is 18.7 Å². The van der Waals surface area contributed by atoms with Gasteiger partial charge in [-0.05, 0) is 6.07 Å². The van der Waals surface area contributed by atoms with Crippen molar-refractivity contribution in [2.75, 3.05) is 33.9 Å². The van der Waals surface area contributed by atoms with E-state index in [1.54, 1.807) is 6.07 Å². The number of benzene rings is 1. The summed E-state index contributed by atoms with van der Waals surface area (Å²) in [5, 5.41) is 3.67. The van der Waals surface area contributed by atoms with Crippen LogP contribution < -0.4 is 14.8 Å². The van der Waals surface area contributed by atoms with Gasteiger partial charge in [0.1, 0.15) is 6.10 Å². The Balaban J connectivity index is 2.54. The highest BCUT2D eigenvalue weighted by atomic mass is 35.5. The lowest BCUT2D eigenvalue weighted by atomic mass is 10.0. The normalized spacial score (nSPS) is 19.0. The summed E-state index contributed by atoms with van der Waals surface area (Å²) in [5.74, 6) is 0.830. The fourth-order valence-electron chi connectivity index (χ4n) is 2.19. The summed E-state index contributed by atoms with van der Waals surface area (Å²) < 4.78 is 16.3. The van der Waals surface area contributed by atoms with Crippen LogP contribution in [-0.2, 0) is 4.74 Å². The molecule has 0 amide bonds. The molecule has 1 aromatic carbocycles. The van der Waals surface area contributed by atoms with Crippen molar-refractivity contribution in [2.24, 2.45) is 0 Å². The zero-order valence-electron chi connectivity index (χ0n) is 10.9. The zero-order valence-corrected chi connectivity index (χ0v) is 11.6. The molecular formula is C13H16ClNO4. The smallest absolute Gasteiger partial charge is 0.171 e. The summed E-state index contributed by atoms with van der Waals surface area (Å²) in [5.41, 5.74) is 1.07. The zero-order chi connectivity index (χ0) is 13.8. The monoisotopic (exact) mass is 285 g/mol. The Hall–Kier alpha value is -1.30. The molecular weight excluding hydrogens is 270 g/mol. The molecule has 1 fully saturated rings. The van der Waals surface area contributed by atoms with E-state index in [0.717, 1.165) is 6.54 Å². The average Bonchev–Trinajstić information content (AvgIpc) is 2.46. The van der Waals surface area contributed by atoms with Crippen LogP contribution in [0.3, 0.4) is 0 Å². The fraction of sp³-hybridized carbons (Fsp3) is 0.462. The minimum Gasteiger partial charge on any atom is -0.492 e. The summed E-state index contributed by atoms with van der Waals surface area (Å²) in [7, 11) is 3.00. The number of morpholine rings is 1. The molecule has 0 aromatic heterocycles. The van der Waals surface area contributed by atoms with Crippen LogP contribution in [-0.4, -0.2) is 40.2 Å². The van der Waals surface area contributed by atoms with E-state index in [2.05, 4.69) is 5.32 Å². The van der Waals surface area contributed by atoms with Crippen molar-refractivity contribution in [1.29, 1.82) is 0 Å². The molecule has 104 valence electrons. The number of carbonyl (C=O) groups excluding carboxylic acids is 1. The second kappa shape index (κ2) is 6.23. The summed E-state index contributed by atoms with van der Waals surface area (Å²) in [6, 6.07) is 1.57. The Labute approximate surface area is 116 Å². The molecule has 1 heterocycles. The lowest BCUT2D eigenvalue weighted by molar-refractivity contribution is 0.0261. The van der Waals surface area contributed by atoms with Crippen LogP contribution in [0.5, 0.6) is 11.5 Å². The maximum absolute atomic E-state index is 11.1. The Morgan fingerprint density at radius 1 is 1.42 bits per heavy atom. The van der Waals surface area contributed by atoms with Crippen molar-refractivity contribution in [3.05, 3.63) is 22.2 Å². The van der Waals surface area contributed by atoms with Crippen LogP contribution in [0.15, 0.2) is 6.07 Å². The summed E-state index contributed by atoms with van der Waals surface area (Å²) in [6.45, 7) is 2.04. The largest absolute Gasteiger partial charge is 0.492 e. The minimum absolute atomic E-state index is 0.217. The molecule has 0 aliphatic carbocycles. The standard InChI is InChI=1S/C13H16ClNO4/c1-17-12-8(7-16)5-9(14)11(13(12)18-2)10-6-15-3-4-19-10/h5,7,10,15H,3-4,6H2,1-2H3. The molecule has 1 aliphatic heterocycles. The maximum Gasteiger partial charge on any atom is 0.171 e. The molecule has 0 bridgehead atoms. The van der Waals surface area contributed by atoms with E-state index in [9.17, 15) is 4.79 Å². The van der Waals surface area contributed by atoms with Gasteiger partial charge in [0.15, 0.2) is 17.8 Å². The summed E-state index contributed by atoms with van der Waals surface area (Å²) in [4.78, 5) is 11.1. The van der Waals surface area contributed by atoms with E-state index >= 15 is 0 Å². The van der Waals surface area contributed by atoms with Gasteiger partial charge in [0.05, 0.1) is 31.4 Å². The van der Waals surface area contributed by atoms with Gasteiger partial charge in [-0.3, -0.25) is 4.79 Å². The van der Waals surface area contributed by atoms with Crippen LogP contribution in [0.1, 0.15) is 22.0 Å². The maximum atomic E-state index is 11.1. The van der Waals surface area contributed by atoms with Gasteiger partial charge in [-0.1, -0.05) is 11.6 Å². The first kappa shape index (κ1) is 14.1. The van der Waals surface area contributed by atoms with Crippen LogP contribution in [0.2, 0.25) is 5.02 Å². The molecule has 2 rings (SSSR count). The second-order valence-electron chi connectivity index (χ2n) is 4.11. The predicted molar refractivity (Wildman–Crippen MR) is 71.5 cm³/mol. The SMILES string of the molecule is COc1c(C=O)cc(Cl)c(C2CNCCO2)c1OC. The Morgan fingerprint density at radius 3 is 2.68 bits per heavy atom. The molecule has 0 saturated carbocycles. The van der Waals surface area contributed by atoms with Crippen molar-refractivity contribution >= 4 is 17.9 Å². The quantitative estimate of drug-likeness (QED) is 0.856. The van der Waals surface area contributed by atoms with E-state index in [1.807, 2.05) is 0 Å². The van der Waals surface area contributed by atoms with Crippen LogP contribution in [0, 0.1) is 0 Å². The minimum atomic E-state index is -0.217. The third kappa shape index (κ3) is 2.68. The number of hydrogen-bond donors (Lipinski definition) is 1. The van der Waals surface area contributed by atoms with Crippen molar-refractivity contribution < 1.29 is 19.0 Å². The van der Waals surface area contributed by atoms with Crippen molar-refractivity contribution in [2.45, 2.75) is 6.10 Å². The molecule has 1 saturated heterocycles. The number of hydrogen-bond acceptors (Lipinski definition) is 5. The van der Waals surface area contributed by atoms with Gasteiger partial charge in [-0.2, -0.15) is 0 Å². The number of halogens is 1. The molecule has 6 heteroatoms. The number of aldehydes is 1. The van der Waals surface area contributed by atoms with Crippen molar-refractivity contribution in [1.82, 2.24) is 5.32 Å². The third-order valence-corrected chi connectivity index (χ3v) is 3.35. The number of methoxy groups -OCH3 is 2. The first-order valence-electron chi connectivity index (χ1n) is 5.94. The number of ether oxygens (including phenoxy) is 3. The molecule has 5 nitrogen and oxygen atoms in total. The van der Waals surface area contributed by atoms with Crippen molar-refractivity contribution in [3.63, 3.8) is 0 Å². The first-order chi connectivity index (χ1) is 9.22. The Kier molecular flexibility index (Phi) is 4.63. The lowest BCUT2D eigenvalue weighted by Crippen LogP contribution is -2.33. The molecule has 1 unspecified atom stereocenters. The van der Waals surface area contributed by atoms with Crippen molar-refractivity contribution in [3.8, 4) is 11.5 Å². The van der Waals surface area contributed by atoms with Gasteiger partial charge in [0.2, 0.25) is 0 Å². The van der Waals surface area contributed by atoms with Gasteiger partial charge >= 0.3 is 0 Å². The van der Waals surface area contributed by atoms with Crippen LogP contribution >= 0.6 is 11.6 Å². The highest BCUT2D eigenvalue weighted by Crippen LogP contribution is 2.43. The van der Waals surface area contributed by atoms with Gasteiger partial charge in [0.25, 0.3) is 0 Å². The number of rotatable bonds is 4. The summed E-state index contributed by atoms with van der Waals surface area (Å²) >= 11 is 6.25. The molecule has 1 N–H and O–H groups in total. The molecule has 1 aliphatic rings. The molecule has 1 atom stereocenters. The van der Waals surface area contributed by atoms with Gasteiger partial charge in [-0.25, -0.2) is 0 Å². The van der Waals surface area contributed by atoms with Crippen LogP contribution in [0.25, 0.3) is 0 Å². The highest BCUT2D eigenvalue weighted by molar-refractivity contribution is 6.32.